The van der Waals surface area contributed by atoms with Gasteiger partial charge in [-0.15, -0.1) is 0 Å². The average molecular weight is 443 g/mol. The largest absolute Gasteiger partial charge is 0.508 e. The Labute approximate surface area is 189 Å². The van der Waals surface area contributed by atoms with Crippen LogP contribution in [0.4, 0.5) is 0 Å². The molecule has 1 atom stereocenters. The number of hydrogen-bond acceptors (Lipinski definition) is 7. The molecule has 32 heavy (non-hydrogen) atoms. The summed E-state index contributed by atoms with van der Waals surface area (Å²) in [4.78, 5) is 21.7. The molecule has 1 heterocycles. The van der Waals surface area contributed by atoms with Crippen molar-refractivity contribution < 1.29 is 24.2 Å². The smallest absolute Gasteiger partial charge is 0.162 e. The van der Waals surface area contributed by atoms with Crippen molar-refractivity contribution >= 4 is 12.1 Å². The van der Waals surface area contributed by atoms with Crippen molar-refractivity contribution in [3.8, 4) is 17.2 Å². The summed E-state index contributed by atoms with van der Waals surface area (Å²) in [6, 6.07) is 12.7. The zero-order chi connectivity index (χ0) is 23.2. The predicted octanol–water partition coefficient (Wildman–Crippen LogP) is 3.27. The van der Waals surface area contributed by atoms with Gasteiger partial charge < -0.3 is 30.4 Å². The molecule has 0 saturated carbocycles. The summed E-state index contributed by atoms with van der Waals surface area (Å²) in [5.74, 6) is 1.94. The van der Waals surface area contributed by atoms with Gasteiger partial charge in [0.05, 0.1) is 0 Å². The number of phenols is 1. The molecule has 1 aliphatic rings. The van der Waals surface area contributed by atoms with Crippen LogP contribution >= 0.6 is 0 Å². The number of nitrogens with one attached hydrogen (secondary N) is 1. The number of unbranched alkanes of at least 4 members (excludes halogenated alkanes) is 3. The third kappa shape index (κ3) is 8.69. The van der Waals surface area contributed by atoms with Crippen molar-refractivity contribution in [2.24, 2.45) is 5.73 Å². The van der Waals surface area contributed by atoms with Gasteiger partial charge in [-0.3, -0.25) is 4.79 Å². The summed E-state index contributed by atoms with van der Waals surface area (Å²) in [5.41, 5.74) is 7.50. The second-order valence-corrected chi connectivity index (χ2v) is 7.64. The second-order valence-electron chi connectivity index (χ2n) is 7.64. The van der Waals surface area contributed by atoms with Gasteiger partial charge in [0.15, 0.2) is 17.3 Å². The van der Waals surface area contributed by atoms with E-state index in [0.717, 1.165) is 43.5 Å². The second kappa shape index (κ2) is 14.2. The fraction of sp³-hybridized carbons (Fsp3) is 0.440. The van der Waals surface area contributed by atoms with Crippen molar-refractivity contribution in [3.63, 3.8) is 0 Å². The highest BCUT2D eigenvalue weighted by atomic mass is 16.6. The Hall–Kier alpha value is -2.90. The van der Waals surface area contributed by atoms with Gasteiger partial charge in [-0.05, 0) is 68.3 Å². The first-order chi connectivity index (χ1) is 15.6. The first-order valence-corrected chi connectivity index (χ1v) is 11.1. The molecule has 0 aliphatic carbocycles. The van der Waals surface area contributed by atoms with Crippen LogP contribution in [0.2, 0.25) is 0 Å². The van der Waals surface area contributed by atoms with Gasteiger partial charge in [-0.1, -0.05) is 12.5 Å². The molecule has 2 aromatic rings. The molecular formula is C25H34N2O5. The molecule has 4 N–H and O–H groups in total. The maximum absolute atomic E-state index is 11.6. The number of ether oxygens (including phenoxy) is 2. The SMILES string of the molecule is CNC(CN)Cc1ccc2c(c1)OCCO2.O=CCCCCCC(=O)c1ccc(O)cc1. The maximum atomic E-state index is 11.6. The Balaban J connectivity index is 0.000000227. The van der Waals surface area contributed by atoms with E-state index in [1.165, 1.54) is 17.7 Å². The van der Waals surface area contributed by atoms with Crippen LogP contribution in [0.25, 0.3) is 0 Å². The van der Waals surface area contributed by atoms with Crippen molar-refractivity contribution in [3.05, 3.63) is 53.6 Å². The lowest BCUT2D eigenvalue weighted by Gasteiger charge is -2.20. The number of ketones is 1. The van der Waals surface area contributed by atoms with Crippen LogP contribution in [0.1, 0.15) is 48.0 Å². The van der Waals surface area contributed by atoms with Gasteiger partial charge in [0.25, 0.3) is 0 Å². The lowest BCUT2D eigenvalue weighted by Crippen LogP contribution is -2.35. The minimum Gasteiger partial charge on any atom is -0.508 e. The number of carbonyl (C=O) groups is 2. The lowest BCUT2D eigenvalue weighted by atomic mass is 10.0. The molecular weight excluding hydrogens is 408 g/mol. The maximum Gasteiger partial charge on any atom is 0.162 e. The Morgan fingerprint density at radius 1 is 1.09 bits per heavy atom. The normalized spacial score (nSPS) is 12.9. The van der Waals surface area contributed by atoms with E-state index in [0.29, 0.717) is 44.2 Å². The first kappa shape index (κ1) is 25.4. The molecule has 0 fully saturated rings. The Kier molecular flexibility index (Phi) is 11.3. The number of Topliss-reactive ketones (excluding diaryl/α,β-unsaturated/α-hetero) is 1. The van der Waals surface area contributed by atoms with E-state index in [2.05, 4.69) is 11.4 Å². The number of phenolic OH excluding ortho intramolecular Hbond substituents is 1. The van der Waals surface area contributed by atoms with Crippen LogP contribution in [0, 0.1) is 0 Å². The molecule has 0 saturated heterocycles. The van der Waals surface area contributed by atoms with Gasteiger partial charge in [-0.25, -0.2) is 0 Å². The minimum atomic E-state index is 0.0890. The molecule has 3 rings (SSSR count). The van der Waals surface area contributed by atoms with Gasteiger partial charge in [0.2, 0.25) is 0 Å². The van der Waals surface area contributed by atoms with Crippen LogP contribution in [0.5, 0.6) is 17.2 Å². The topological polar surface area (TPSA) is 111 Å². The lowest BCUT2D eigenvalue weighted by molar-refractivity contribution is -0.107. The van der Waals surface area contributed by atoms with Crippen molar-refractivity contribution in [1.29, 1.82) is 0 Å². The molecule has 2 aromatic carbocycles. The van der Waals surface area contributed by atoms with Crippen LogP contribution in [-0.4, -0.2) is 50.0 Å². The highest BCUT2D eigenvalue weighted by Gasteiger charge is 2.13. The van der Waals surface area contributed by atoms with Gasteiger partial charge in [0, 0.05) is 31.0 Å². The molecule has 1 unspecified atom stereocenters. The minimum absolute atomic E-state index is 0.0890. The van der Waals surface area contributed by atoms with Gasteiger partial charge >= 0.3 is 0 Å². The van der Waals surface area contributed by atoms with Gasteiger partial charge in [0.1, 0.15) is 25.2 Å². The number of rotatable bonds is 11. The average Bonchev–Trinajstić information content (AvgIpc) is 2.83. The van der Waals surface area contributed by atoms with E-state index in [1.807, 2.05) is 19.2 Å². The molecule has 0 radical (unpaired) electrons. The number of nitrogens with two attached hydrogens (primary N) is 1. The number of aldehydes is 1. The molecule has 0 bridgehead atoms. The number of carbonyl (C=O) groups excluding carboxylic acids is 2. The van der Waals surface area contributed by atoms with Gasteiger partial charge in [-0.2, -0.15) is 0 Å². The van der Waals surface area contributed by atoms with E-state index in [-0.39, 0.29) is 11.5 Å². The molecule has 1 aliphatic heterocycles. The zero-order valence-electron chi connectivity index (χ0n) is 18.7. The highest BCUT2D eigenvalue weighted by Crippen LogP contribution is 2.31. The zero-order valence-corrected chi connectivity index (χ0v) is 18.7. The van der Waals surface area contributed by atoms with Crippen LogP contribution in [0.3, 0.4) is 0 Å². The third-order valence-corrected chi connectivity index (χ3v) is 5.20. The summed E-state index contributed by atoms with van der Waals surface area (Å²) < 4.78 is 11.0. The quantitative estimate of drug-likeness (QED) is 0.278. The molecule has 0 spiro atoms. The first-order valence-electron chi connectivity index (χ1n) is 11.1. The summed E-state index contributed by atoms with van der Waals surface area (Å²) in [6.45, 7) is 1.89. The Bertz CT molecular complexity index is 835. The van der Waals surface area contributed by atoms with E-state index >= 15 is 0 Å². The monoisotopic (exact) mass is 442 g/mol. The number of aromatic hydroxyl groups is 1. The fourth-order valence-electron chi connectivity index (χ4n) is 3.28. The summed E-state index contributed by atoms with van der Waals surface area (Å²) >= 11 is 0. The molecule has 0 amide bonds. The molecule has 7 heteroatoms. The van der Waals surface area contributed by atoms with Crippen molar-refractivity contribution in [1.82, 2.24) is 5.32 Å². The Morgan fingerprint density at radius 2 is 1.81 bits per heavy atom. The van der Waals surface area contributed by atoms with Crippen LogP contribution in [0.15, 0.2) is 42.5 Å². The van der Waals surface area contributed by atoms with E-state index in [4.69, 9.17) is 20.3 Å². The molecule has 0 aromatic heterocycles. The molecule has 174 valence electrons. The number of likely N-dealkylation sites (N-methyl/N-ethyl adjacent to an activating group) is 1. The van der Waals surface area contributed by atoms with Crippen LogP contribution in [-0.2, 0) is 11.2 Å². The van der Waals surface area contributed by atoms with Crippen molar-refractivity contribution in [2.45, 2.75) is 44.6 Å². The van der Waals surface area contributed by atoms with Crippen LogP contribution < -0.4 is 20.5 Å². The summed E-state index contributed by atoms with van der Waals surface area (Å²) in [7, 11) is 1.93. The number of benzene rings is 2. The third-order valence-electron chi connectivity index (χ3n) is 5.20. The van der Waals surface area contributed by atoms with E-state index < -0.39 is 0 Å². The number of fused-ring (bicyclic) bond motifs is 1. The summed E-state index contributed by atoms with van der Waals surface area (Å²) in [5, 5.41) is 12.3. The standard InChI is InChI=1S/C13H16O3.C12H18N2O2/c14-10-4-2-1-3-5-13(16)11-6-8-12(15)9-7-11;1-14-10(8-13)6-9-2-3-11-12(7-9)16-5-4-15-11/h6-10,15H,1-5H2;2-3,7,10,14H,4-6,8,13H2,1H3. The molecule has 7 nitrogen and oxygen atoms in total. The Morgan fingerprint density at radius 3 is 2.47 bits per heavy atom. The predicted molar refractivity (Wildman–Crippen MR) is 125 cm³/mol. The number of hydrogen-bond donors (Lipinski definition) is 3. The van der Waals surface area contributed by atoms with E-state index in [1.54, 1.807) is 12.1 Å². The summed E-state index contributed by atoms with van der Waals surface area (Å²) in [6.07, 6.45) is 5.46. The highest BCUT2D eigenvalue weighted by molar-refractivity contribution is 5.96. The van der Waals surface area contributed by atoms with E-state index in [9.17, 15) is 9.59 Å². The fourth-order valence-corrected chi connectivity index (χ4v) is 3.28. The van der Waals surface area contributed by atoms with Crippen molar-refractivity contribution in [2.75, 3.05) is 26.8 Å².